The number of fused-ring (bicyclic) bond motifs is 2. The van der Waals surface area contributed by atoms with Gasteiger partial charge in [-0.15, -0.1) is 0 Å². The minimum Gasteiger partial charge on any atom is -0.493 e. The molecule has 1 fully saturated rings. The highest BCUT2D eigenvalue weighted by atomic mass is 16.3. The summed E-state index contributed by atoms with van der Waals surface area (Å²) >= 11 is 0. The molecule has 2 aromatic carbocycles. The molecule has 2 aliphatic rings. The van der Waals surface area contributed by atoms with Crippen molar-refractivity contribution in [2.75, 3.05) is 19.6 Å². The van der Waals surface area contributed by atoms with Crippen molar-refractivity contribution in [3.8, 4) is 5.88 Å². The fourth-order valence-electron chi connectivity index (χ4n) is 5.08. The van der Waals surface area contributed by atoms with E-state index in [0.717, 1.165) is 51.1 Å². The molecule has 5 rings (SSSR count). The van der Waals surface area contributed by atoms with Crippen LogP contribution in [0.4, 0.5) is 0 Å². The van der Waals surface area contributed by atoms with Crippen LogP contribution in [0.5, 0.6) is 5.88 Å². The van der Waals surface area contributed by atoms with E-state index in [-0.39, 0.29) is 11.6 Å². The topological polar surface area (TPSA) is 62.4 Å². The highest BCUT2D eigenvalue weighted by molar-refractivity contribution is 5.38. The van der Waals surface area contributed by atoms with E-state index in [9.17, 15) is 9.90 Å². The summed E-state index contributed by atoms with van der Waals surface area (Å²) in [5.41, 5.74) is 4.39. The third-order valence-corrected chi connectivity index (χ3v) is 6.93. The van der Waals surface area contributed by atoms with E-state index in [2.05, 4.69) is 52.7 Å². The van der Waals surface area contributed by atoms with Crippen LogP contribution >= 0.6 is 0 Å². The molecule has 32 heavy (non-hydrogen) atoms. The van der Waals surface area contributed by atoms with Gasteiger partial charge in [-0.1, -0.05) is 54.6 Å². The van der Waals surface area contributed by atoms with Crippen LogP contribution in [0.25, 0.3) is 0 Å². The first-order valence-corrected chi connectivity index (χ1v) is 11.8. The molecule has 0 spiro atoms. The molecule has 3 heterocycles. The van der Waals surface area contributed by atoms with Crippen LogP contribution in [0.15, 0.2) is 59.4 Å². The smallest absolute Gasteiger partial charge is 0.331 e. The van der Waals surface area contributed by atoms with Crippen molar-refractivity contribution >= 4 is 0 Å². The number of nitrogens with zero attached hydrogens (tertiary/aromatic N) is 3. The Kier molecular flexibility index (Phi) is 6.14. The Morgan fingerprint density at radius 1 is 0.969 bits per heavy atom. The number of hydrogen-bond acceptors (Lipinski definition) is 4. The molecule has 1 aromatic heterocycles. The van der Waals surface area contributed by atoms with Crippen molar-refractivity contribution in [3.63, 3.8) is 0 Å². The summed E-state index contributed by atoms with van der Waals surface area (Å²) in [6.45, 7) is 5.19. The Hall–Kier alpha value is -2.83. The van der Waals surface area contributed by atoms with Crippen LogP contribution in [-0.4, -0.2) is 44.8 Å². The van der Waals surface area contributed by atoms with Crippen molar-refractivity contribution in [2.24, 2.45) is 0 Å². The molecule has 0 bridgehead atoms. The van der Waals surface area contributed by atoms with Gasteiger partial charge < -0.3 is 10.4 Å². The van der Waals surface area contributed by atoms with Gasteiger partial charge in [0.1, 0.15) is 0 Å². The number of piperidine rings is 1. The molecular formula is C26H32N4O2. The fraction of sp³-hybridized carbons (Fsp3) is 0.423. The van der Waals surface area contributed by atoms with Gasteiger partial charge in [-0.05, 0) is 55.6 Å². The summed E-state index contributed by atoms with van der Waals surface area (Å²) in [6, 6.07) is 19.4. The number of rotatable bonds is 7. The van der Waals surface area contributed by atoms with Gasteiger partial charge in [0.15, 0.2) is 0 Å². The molecule has 0 atom stereocenters. The van der Waals surface area contributed by atoms with Gasteiger partial charge in [0.05, 0.1) is 12.2 Å². The summed E-state index contributed by atoms with van der Waals surface area (Å²) in [6.07, 6.45) is 3.74. The van der Waals surface area contributed by atoms with Gasteiger partial charge in [-0.2, -0.15) is 0 Å². The maximum Gasteiger partial charge on any atom is 0.331 e. The van der Waals surface area contributed by atoms with Gasteiger partial charge in [-0.3, -0.25) is 14.0 Å². The van der Waals surface area contributed by atoms with Crippen molar-refractivity contribution in [2.45, 2.75) is 51.4 Å². The maximum absolute atomic E-state index is 12.9. The third kappa shape index (κ3) is 4.38. The molecule has 2 aliphatic heterocycles. The molecular weight excluding hydrogens is 400 g/mol. The predicted octanol–water partition coefficient (Wildman–Crippen LogP) is 2.95. The van der Waals surface area contributed by atoms with Crippen LogP contribution in [-0.2, 0) is 26.1 Å². The molecule has 0 aliphatic carbocycles. The average Bonchev–Trinajstić information content (AvgIpc) is 3.06. The molecule has 0 amide bonds. The zero-order chi connectivity index (χ0) is 21.9. The molecule has 2 N–H and O–H groups in total. The monoisotopic (exact) mass is 432 g/mol. The lowest BCUT2D eigenvalue weighted by Gasteiger charge is -2.32. The highest BCUT2D eigenvalue weighted by Crippen LogP contribution is 2.27. The Balaban J connectivity index is 1.10. The number of aromatic hydroxyl groups is 1. The minimum atomic E-state index is -0.0961. The van der Waals surface area contributed by atoms with Gasteiger partial charge in [0, 0.05) is 25.6 Å². The second kappa shape index (κ2) is 9.35. The molecule has 3 aromatic rings. The van der Waals surface area contributed by atoms with E-state index in [1.54, 1.807) is 9.13 Å². The molecule has 0 saturated carbocycles. The number of benzene rings is 2. The summed E-state index contributed by atoms with van der Waals surface area (Å²) in [4.78, 5) is 15.4. The lowest BCUT2D eigenvalue weighted by atomic mass is 9.99. The molecule has 6 nitrogen and oxygen atoms in total. The second-order valence-electron chi connectivity index (χ2n) is 9.08. The Bertz CT molecular complexity index is 1110. The summed E-state index contributed by atoms with van der Waals surface area (Å²) < 4.78 is 3.28. The van der Waals surface area contributed by atoms with Crippen LogP contribution < -0.4 is 11.0 Å². The first kappa shape index (κ1) is 21.0. The zero-order valence-electron chi connectivity index (χ0n) is 18.5. The highest BCUT2D eigenvalue weighted by Gasteiger charge is 2.24. The molecule has 168 valence electrons. The second-order valence-corrected chi connectivity index (χ2v) is 9.08. The number of imidazole rings is 1. The lowest BCUT2D eigenvalue weighted by molar-refractivity contribution is 0.190. The van der Waals surface area contributed by atoms with E-state index in [0.29, 0.717) is 25.6 Å². The molecule has 6 heteroatoms. The summed E-state index contributed by atoms with van der Waals surface area (Å²) in [5.74, 6) is 0.138. The normalized spacial score (nSPS) is 16.6. The van der Waals surface area contributed by atoms with Gasteiger partial charge in [-0.25, -0.2) is 4.79 Å². The lowest BCUT2D eigenvalue weighted by Crippen LogP contribution is -2.42. The van der Waals surface area contributed by atoms with Crippen molar-refractivity contribution in [1.82, 2.24) is 19.4 Å². The van der Waals surface area contributed by atoms with Crippen molar-refractivity contribution in [3.05, 3.63) is 87.5 Å². The third-order valence-electron chi connectivity index (χ3n) is 6.93. The Morgan fingerprint density at radius 2 is 1.69 bits per heavy atom. The summed E-state index contributed by atoms with van der Waals surface area (Å²) in [5, 5.41) is 14.4. The van der Waals surface area contributed by atoms with Crippen LogP contribution in [0.1, 0.15) is 41.6 Å². The number of nitrogens with one attached hydrogen (secondary N) is 1. The average molecular weight is 433 g/mol. The van der Waals surface area contributed by atoms with Gasteiger partial charge in [0.25, 0.3) is 0 Å². The van der Waals surface area contributed by atoms with Crippen molar-refractivity contribution < 1.29 is 5.11 Å². The largest absolute Gasteiger partial charge is 0.493 e. The molecule has 0 radical (unpaired) electrons. The standard InChI is InChI=1S/C26H32N4O2/c31-25-24-17-21-9-4-5-10-22(21)19-30(24)26(32)29(25)14-6-13-27-23-11-15-28(16-12-23)18-20-7-2-1-3-8-20/h1-5,7-10,23,27,31H,6,11-19H2. The first-order chi connectivity index (χ1) is 15.7. The Morgan fingerprint density at radius 3 is 2.47 bits per heavy atom. The quantitative estimate of drug-likeness (QED) is 0.441. The van der Waals surface area contributed by atoms with E-state index < -0.39 is 0 Å². The zero-order valence-corrected chi connectivity index (χ0v) is 18.5. The fourth-order valence-corrected chi connectivity index (χ4v) is 5.08. The van der Waals surface area contributed by atoms with E-state index in [1.807, 2.05) is 12.1 Å². The number of aromatic nitrogens is 2. The van der Waals surface area contributed by atoms with Gasteiger partial charge in [0.2, 0.25) is 5.88 Å². The van der Waals surface area contributed by atoms with Gasteiger partial charge >= 0.3 is 5.69 Å². The first-order valence-electron chi connectivity index (χ1n) is 11.8. The Labute approximate surface area is 189 Å². The minimum absolute atomic E-state index is 0.0961. The van der Waals surface area contributed by atoms with E-state index in [1.165, 1.54) is 16.7 Å². The number of likely N-dealkylation sites (tertiary alicyclic amines) is 1. The maximum atomic E-state index is 12.9. The summed E-state index contributed by atoms with van der Waals surface area (Å²) in [7, 11) is 0. The number of hydrogen-bond donors (Lipinski definition) is 2. The molecule has 0 unspecified atom stereocenters. The van der Waals surface area contributed by atoms with Crippen LogP contribution in [0.3, 0.4) is 0 Å². The SMILES string of the molecule is O=c1n(CCCNC2CCN(Cc3ccccc3)CC2)c(O)c2n1Cc1ccccc1C2. The van der Waals surface area contributed by atoms with E-state index in [4.69, 9.17) is 0 Å². The van der Waals surface area contributed by atoms with Crippen molar-refractivity contribution in [1.29, 1.82) is 0 Å². The van der Waals surface area contributed by atoms with Crippen LogP contribution in [0, 0.1) is 0 Å². The van der Waals surface area contributed by atoms with Crippen LogP contribution in [0.2, 0.25) is 0 Å². The van der Waals surface area contributed by atoms with E-state index >= 15 is 0 Å². The predicted molar refractivity (Wildman–Crippen MR) is 126 cm³/mol. The molecule has 1 saturated heterocycles.